The minimum atomic E-state index is 0.131. The van der Waals surface area contributed by atoms with Gasteiger partial charge in [-0.3, -0.25) is 0 Å². The molecule has 0 aromatic carbocycles. The second-order valence-corrected chi connectivity index (χ2v) is 7.32. The van der Waals surface area contributed by atoms with Crippen molar-refractivity contribution in [3.8, 4) is 0 Å². The Morgan fingerprint density at radius 1 is 1.39 bits per heavy atom. The van der Waals surface area contributed by atoms with E-state index in [4.69, 9.17) is 4.42 Å². The Bertz CT molecular complexity index is 501. The molecule has 0 aliphatic rings. The number of hydrogen-bond acceptors (Lipinski definition) is 3. The van der Waals surface area contributed by atoms with Crippen molar-refractivity contribution in [2.24, 2.45) is 0 Å². The Balaban J connectivity index is 2.30. The first-order valence-corrected chi connectivity index (χ1v) is 8.26. The summed E-state index contributed by atoms with van der Waals surface area (Å²) in [7, 11) is 0. The molecule has 5 heteroatoms. The first-order chi connectivity index (χ1) is 8.61. The zero-order valence-corrected chi connectivity index (χ0v) is 14.3. The maximum absolute atomic E-state index is 5.69. The molecule has 0 radical (unpaired) electrons. The van der Waals surface area contributed by atoms with Gasteiger partial charge in [0, 0.05) is 4.88 Å². The summed E-state index contributed by atoms with van der Waals surface area (Å²) in [5.74, 6) is 0.948. The zero-order chi connectivity index (χ0) is 13.1. The lowest BCUT2D eigenvalue weighted by Gasteiger charge is -2.14. The molecule has 0 aliphatic carbocycles. The van der Waals surface area contributed by atoms with E-state index < -0.39 is 0 Å². The van der Waals surface area contributed by atoms with Crippen molar-refractivity contribution >= 4 is 43.2 Å². The van der Waals surface area contributed by atoms with E-state index in [2.05, 4.69) is 57.1 Å². The van der Waals surface area contributed by atoms with Gasteiger partial charge in [-0.25, -0.2) is 0 Å². The fraction of sp³-hybridized carbons (Fsp3) is 0.385. The predicted octanol–water partition coefficient (Wildman–Crippen LogP) is 5.26. The monoisotopic (exact) mass is 391 g/mol. The Morgan fingerprint density at radius 3 is 2.67 bits per heavy atom. The van der Waals surface area contributed by atoms with Crippen LogP contribution >= 0.6 is 43.2 Å². The van der Waals surface area contributed by atoms with Crippen LogP contribution in [0.25, 0.3) is 0 Å². The number of rotatable bonds is 5. The number of hydrogen-bond donors (Lipinski definition) is 1. The van der Waals surface area contributed by atoms with Crippen LogP contribution in [0.4, 0.5) is 0 Å². The molecular weight excluding hydrogens is 378 g/mol. The Hall–Kier alpha value is -0.100. The Kier molecular flexibility index (Phi) is 5.06. The van der Waals surface area contributed by atoms with Crippen LogP contribution in [0.2, 0.25) is 0 Å². The van der Waals surface area contributed by atoms with Gasteiger partial charge in [0.15, 0.2) is 4.67 Å². The second kappa shape index (κ2) is 6.37. The maximum atomic E-state index is 5.69. The molecule has 1 unspecified atom stereocenters. The van der Waals surface area contributed by atoms with E-state index >= 15 is 0 Å². The van der Waals surface area contributed by atoms with Gasteiger partial charge in [-0.15, -0.1) is 11.3 Å². The van der Waals surface area contributed by atoms with Crippen molar-refractivity contribution in [1.29, 1.82) is 0 Å². The van der Waals surface area contributed by atoms with Gasteiger partial charge in [0.25, 0.3) is 0 Å². The molecule has 98 valence electrons. The van der Waals surface area contributed by atoms with Crippen LogP contribution in [0, 0.1) is 6.92 Å². The first kappa shape index (κ1) is 14.3. The standard InChI is InChI=1S/C13H15Br2NOS/c1-3-6-16-12(9-4-5-11(14)17-9)10-7-8(2)13(15)18-10/h4-5,7,12,16H,3,6H2,1-2H3. The highest BCUT2D eigenvalue weighted by Crippen LogP contribution is 2.35. The number of nitrogens with one attached hydrogen (secondary N) is 1. The predicted molar refractivity (Wildman–Crippen MR) is 83.3 cm³/mol. The molecule has 1 N–H and O–H groups in total. The highest BCUT2D eigenvalue weighted by atomic mass is 79.9. The molecule has 0 saturated heterocycles. The van der Waals surface area contributed by atoms with Crippen LogP contribution in [0.15, 0.2) is 31.1 Å². The number of aryl methyl sites for hydroxylation is 1. The van der Waals surface area contributed by atoms with Gasteiger partial charge in [0.2, 0.25) is 0 Å². The molecule has 0 saturated carbocycles. The summed E-state index contributed by atoms with van der Waals surface area (Å²) in [5.41, 5.74) is 1.27. The average Bonchev–Trinajstić information content (AvgIpc) is 2.88. The Labute approximate surface area is 128 Å². The topological polar surface area (TPSA) is 25.2 Å². The summed E-state index contributed by atoms with van der Waals surface area (Å²) >= 11 is 8.70. The number of halogens is 2. The summed E-state index contributed by atoms with van der Waals surface area (Å²) in [6.45, 7) is 5.24. The Morgan fingerprint density at radius 2 is 2.17 bits per heavy atom. The van der Waals surface area contributed by atoms with Gasteiger partial charge < -0.3 is 9.73 Å². The summed E-state index contributed by atoms with van der Waals surface area (Å²) < 4.78 is 7.65. The number of thiophene rings is 1. The van der Waals surface area contributed by atoms with Gasteiger partial charge in [-0.2, -0.15) is 0 Å². The molecule has 2 aromatic heterocycles. The van der Waals surface area contributed by atoms with Crippen molar-refractivity contribution < 1.29 is 4.42 Å². The minimum Gasteiger partial charge on any atom is -0.452 e. The van der Waals surface area contributed by atoms with Crippen molar-refractivity contribution in [2.45, 2.75) is 26.3 Å². The van der Waals surface area contributed by atoms with Crippen LogP contribution < -0.4 is 5.32 Å². The highest BCUT2D eigenvalue weighted by Gasteiger charge is 2.19. The molecule has 2 rings (SSSR count). The lowest BCUT2D eigenvalue weighted by molar-refractivity contribution is 0.436. The van der Waals surface area contributed by atoms with Gasteiger partial charge >= 0.3 is 0 Å². The third-order valence-corrected chi connectivity index (χ3v) is 5.27. The van der Waals surface area contributed by atoms with Gasteiger partial charge in [-0.1, -0.05) is 6.92 Å². The van der Waals surface area contributed by atoms with Gasteiger partial charge in [0.05, 0.1) is 3.79 Å². The molecule has 2 nitrogen and oxygen atoms in total. The maximum Gasteiger partial charge on any atom is 0.169 e. The third-order valence-electron chi connectivity index (χ3n) is 2.64. The molecule has 0 bridgehead atoms. The molecule has 0 amide bonds. The van der Waals surface area contributed by atoms with E-state index in [1.54, 1.807) is 11.3 Å². The van der Waals surface area contributed by atoms with Crippen molar-refractivity contribution in [3.05, 3.63) is 42.9 Å². The van der Waals surface area contributed by atoms with Crippen molar-refractivity contribution in [1.82, 2.24) is 5.32 Å². The van der Waals surface area contributed by atoms with E-state index in [0.717, 1.165) is 23.4 Å². The van der Waals surface area contributed by atoms with Crippen LogP contribution in [0.1, 0.15) is 35.6 Å². The van der Waals surface area contributed by atoms with Crippen LogP contribution in [0.3, 0.4) is 0 Å². The molecule has 0 fully saturated rings. The van der Waals surface area contributed by atoms with Gasteiger partial charge in [-0.05, 0) is 75.5 Å². The van der Waals surface area contributed by atoms with E-state index in [0.29, 0.717) is 0 Å². The second-order valence-electron chi connectivity index (χ2n) is 4.13. The zero-order valence-electron chi connectivity index (χ0n) is 10.3. The van der Waals surface area contributed by atoms with Crippen molar-refractivity contribution in [3.63, 3.8) is 0 Å². The lowest BCUT2D eigenvalue weighted by atomic mass is 10.1. The van der Waals surface area contributed by atoms with Crippen LogP contribution in [-0.4, -0.2) is 6.54 Å². The molecule has 0 aliphatic heterocycles. The van der Waals surface area contributed by atoms with Crippen molar-refractivity contribution in [2.75, 3.05) is 6.54 Å². The van der Waals surface area contributed by atoms with Gasteiger partial charge in [0.1, 0.15) is 11.8 Å². The smallest absolute Gasteiger partial charge is 0.169 e. The average molecular weight is 393 g/mol. The minimum absolute atomic E-state index is 0.131. The van der Waals surface area contributed by atoms with Crippen LogP contribution in [-0.2, 0) is 0 Å². The van der Waals surface area contributed by atoms with E-state index in [9.17, 15) is 0 Å². The summed E-state index contributed by atoms with van der Waals surface area (Å²) in [4.78, 5) is 1.27. The number of furan rings is 1. The molecule has 2 aromatic rings. The van der Waals surface area contributed by atoms with E-state index in [-0.39, 0.29) is 6.04 Å². The normalized spacial score (nSPS) is 12.9. The summed E-state index contributed by atoms with van der Waals surface area (Å²) in [6, 6.07) is 6.29. The quantitative estimate of drug-likeness (QED) is 0.750. The summed E-state index contributed by atoms with van der Waals surface area (Å²) in [6.07, 6.45) is 1.10. The first-order valence-electron chi connectivity index (χ1n) is 5.86. The molecule has 2 heterocycles. The van der Waals surface area contributed by atoms with E-state index in [1.807, 2.05) is 12.1 Å². The summed E-state index contributed by atoms with van der Waals surface area (Å²) in [5, 5.41) is 3.53. The fourth-order valence-corrected chi connectivity index (χ4v) is 3.71. The van der Waals surface area contributed by atoms with Crippen LogP contribution in [0.5, 0.6) is 0 Å². The largest absolute Gasteiger partial charge is 0.452 e. The highest BCUT2D eigenvalue weighted by molar-refractivity contribution is 9.11. The van der Waals surface area contributed by atoms with E-state index in [1.165, 1.54) is 14.2 Å². The fourth-order valence-electron chi connectivity index (χ4n) is 1.74. The molecular formula is C13H15Br2NOS. The molecule has 1 atom stereocenters. The lowest BCUT2D eigenvalue weighted by Crippen LogP contribution is -2.21. The third kappa shape index (κ3) is 3.26. The SMILES string of the molecule is CCCNC(c1ccc(Br)o1)c1cc(C)c(Br)s1. The molecule has 18 heavy (non-hydrogen) atoms. The molecule has 0 spiro atoms.